The first-order chi connectivity index (χ1) is 10.2. The summed E-state index contributed by atoms with van der Waals surface area (Å²) in [6.07, 6.45) is 3.30. The molecule has 2 unspecified atom stereocenters. The molecular weight excluding hydrogens is 284 g/mol. The highest BCUT2D eigenvalue weighted by Crippen LogP contribution is 2.33. The van der Waals surface area contributed by atoms with Crippen LogP contribution in [-0.4, -0.2) is 37.7 Å². The maximum atomic E-state index is 6.42. The summed E-state index contributed by atoms with van der Waals surface area (Å²) in [6, 6.07) is 8.43. The second-order valence-corrected chi connectivity index (χ2v) is 6.38. The van der Waals surface area contributed by atoms with Crippen LogP contribution in [0.1, 0.15) is 37.8 Å². The van der Waals surface area contributed by atoms with Gasteiger partial charge >= 0.3 is 0 Å². The first-order valence-corrected chi connectivity index (χ1v) is 8.28. The van der Waals surface area contributed by atoms with Crippen LogP contribution in [-0.2, 0) is 4.74 Å². The van der Waals surface area contributed by atoms with E-state index in [1.165, 1.54) is 18.4 Å². The molecule has 0 saturated carbocycles. The molecule has 2 atom stereocenters. The van der Waals surface area contributed by atoms with Crippen LogP contribution in [0.25, 0.3) is 0 Å². The molecule has 0 amide bonds. The first kappa shape index (κ1) is 16.8. The fourth-order valence-corrected chi connectivity index (χ4v) is 3.52. The molecule has 1 aliphatic heterocycles. The van der Waals surface area contributed by atoms with Gasteiger partial charge in [0.15, 0.2) is 0 Å². The molecule has 1 aliphatic rings. The van der Waals surface area contributed by atoms with E-state index in [9.17, 15) is 0 Å². The summed E-state index contributed by atoms with van der Waals surface area (Å²) >= 11 is 6.42. The number of hydrogen-bond donors (Lipinski definition) is 1. The summed E-state index contributed by atoms with van der Waals surface area (Å²) in [4.78, 5) is 2.50. The highest BCUT2D eigenvalue weighted by molar-refractivity contribution is 6.31. The number of halogens is 1. The molecular formula is C17H27ClN2O. The number of likely N-dealkylation sites (tertiary alicyclic amines) is 1. The van der Waals surface area contributed by atoms with Gasteiger partial charge in [-0.3, -0.25) is 4.90 Å². The molecule has 0 aromatic heterocycles. The average molecular weight is 311 g/mol. The van der Waals surface area contributed by atoms with Crippen molar-refractivity contribution in [2.45, 2.75) is 38.3 Å². The van der Waals surface area contributed by atoms with E-state index in [1.54, 1.807) is 7.11 Å². The third-order valence-corrected chi connectivity index (χ3v) is 4.89. The van der Waals surface area contributed by atoms with Crippen LogP contribution in [0.15, 0.2) is 24.3 Å². The molecule has 0 spiro atoms. The summed E-state index contributed by atoms with van der Waals surface area (Å²) in [5, 5.41) is 0.824. The number of ether oxygens (including phenoxy) is 1. The van der Waals surface area contributed by atoms with Gasteiger partial charge in [0.25, 0.3) is 0 Å². The first-order valence-electron chi connectivity index (χ1n) is 7.90. The van der Waals surface area contributed by atoms with Gasteiger partial charge in [0, 0.05) is 24.8 Å². The molecule has 4 heteroatoms. The lowest BCUT2D eigenvalue weighted by Crippen LogP contribution is -2.45. The largest absolute Gasteiger partial charge is 0.384 e. The smallest absolute Gasteiger partial charge is 0.0513 e. The lowest BCUT2D eigenvalue weighted by Gasteiger charge is -2.40. The molecule has 2 N–H and O–H groups in total. The molecule has 0 bridgehead atoms. The summed E-state index contributed by atoms with van der Waals surface area (Å²) in [5.41, 5.74) is 7.58. The van der Waals surface area contributed by atoms with Gasteiger partial charge in [0.1, 0.15) is 0 Å². The van der Waals surface area contributed by atoms with Crippen molar-refractivity contribution in [2.24, 2.45) is 11.7 Å². The summed E-state index contributed by atoms with van der Waals surface area (Å²) < 4.78 is 5.29. The lowest BCUT2D eigenvalue weighted by molar-refractivity contribution is 0.0715. The maximum Gasteiger partial charge on any atom is 0.0513 e. The number of rotatable bonds is 6. The Morgan fingerprint density at radius 1 is 1.33 bits per heavy atom. The average Bonchev–Trinajstić information content (AvgIpc) is 2.51. The van der Waals surface area contributed by atoms with Gasteiger partial charge in [-0.25, -0.2) is 0 Å². The van der Waals surface area contributed by atoms with Gasteiger partial charge in [-0.1, -0.05) is 36.7 Å². The van der Waals surface area contributed by atoms with E-state index in [1.807, 2.05) is 18.2 Å². The SMILES string of the molecule is CCC(N)C(c1ccccc1Cl)N1CCC(COC)CC1. The quantitative estimate of drug-likeness (QED) is 0.874. The van der Waals surface area contributed by atoms with Gasteiger partial charge in [-0.2, -0.15) is 0 Å². The van der Waals surface area contributed by atoms with Crippen LogP contribution in [0.5, 0.6) is 0 Å². The van der Waals surface area contributed by atoms with Gasteiger partial charge in [-0.05, 0) is 49.9 Å². The van der Waals surface area contributed by atoms with E-state index in [0.717, 1.165) is 31.1 Å². The monoisotopic (exact) mass is 310 g/mol. The molecule has 0 radical (unpaired) electrons. The van der Waals surface area contributed by atoms with Crippen molar-refractivity contribution in [3.05, 3.63) is 34.9 Å². The minimum atomic E-state index is 0.115. The topological polar surface area (TPSA) is 38.5 Å². The number of piperidine rings is 1. The Labute approximate surface area is 133 Å². The molecule has 1 fully saturated rings. The normalized spacial score (nSPS) is 20.4. The van der Waals surface area contributed by atoms with E-state index in [2.05, 4.69) is 17.9 Å². The molecule has 21 heavy (non-hydrogen) atoms. The van der Waals surface area contributed by atoms with Crippen molar-refractivity contribution in [1.82, 2.24) is 4.90 Å². The van der Waals surface area contributed by atoms with Crippen LogP contribution >= 0.6 is 11.6 Å². The van der Waals surface area contributed by atoms with E-state index in [0.29, 0.717) is 5.92 Å². The van der Waals surface area contributed by atoms with Crippen molar-refractivity contribution in [2.75, 3.05) is 26.8 Å². The summed E-state index contributed by atoms with van der Waals surface area (Å²) in [5.74, 6) is 0.677. The van der Waals surface area contributed by atoms with Gasteiger partial charge < -0.3 is 10.5 Å². The zero-order valence-electron chi connectivity index (χ0n) is 13.1. The highest BCUT2D eigenvalue weighted by Gasteiger charge is 2.30. The van der Waals surface area contributed by atoms with Gasteiger partial charge in [0.2, 0.25) is 0 Å². The molecule has 2 rings (SSSR count). The van der Waals surface area contributed by atoms with Crippen molar-refractivity contribution in [1.29, 1.82) is 0 Å². The Hall–Kier alpha value is -0.610. The number of nitrogens with zero attached hydrogens (tertiary/aromatic N) is 1. The second-order valence-electron chi connectivity index (χ2n) is 5.97. The third kappa shape index (κ3) is 4.19. The van der Waals surface area contributed by atoms with Gasteiger partial charge in [-0.15, -0.1) is 0 Å². The fourth-order valence-electron chi connectivity index (χ4n) is 3.27. The predicted octanol–water partition coefficient (Wildman–Crippen LogP) is 3.48. The number of benzene rings is 1. The van der Waals surface area contributed by atoms with E-state index in [-0.39, 0.29) is 12.1 Å². The molecule has 0 aliphatic carbocycles. The molecule has 3 nitrogen and oxygen atoms in total. The minimum absolute atomic E-state index is 0.115. The van der Waals surface area contributed by atoms with Crippen molar-refractivity contribution in [3.8, 4) is 0 Å². The third-order valence-electron chi connectivity index (χ3n) is 4.55. The maximum absolute atomic E-state index is 6.42. The van der Waals surface area contributed by atoms with Crippen LogP contribution < -0.4 is 5.73 Å². The van der Waals surface area contributed by atoms with Crippen LogP contribution in [0.3, 0.4) is 0 Å². The van der Waals surface area contributed by atoms with E-state index >= 15 is 0 Å². The standard InChI is InChI=1S/C17H27ClN2O/c1-3-16(19)17(14-6-4-5-7-15(14)18)20-10-8-13(9-11-20)12-21-2/h4-7,13,16-17H,3,8-12,19H2,1-2H3. The molecule has 118 valence electrons. The minimum Gasteiger partial charge on any atom is -0.384 e. The van der Waals surface area contributed by atoms with Crippen LogP contribution in [0.4, 0.5) is 0 Å². The van der Waals surface area contributed by atoms with Crippen molar-refractivity contribution in [3.63, 3.8) is 0 Å². The van der Waals surface area contributed by atoms with Crippen molar-refractivity contribution < 1.29 is 4.74 Å². The second kappa shape index (κ2) is 8.14. The summed E-state index contributed by atoms with van der Waals surface area (Å²) in [6.45, 7) is 5.14. The van der Waals surface area contributed by atoms with E-state index < -0.39 is 0 Å². The van der Waals surface area contributed by atoms with Crippen LogP contribution in [0, 0.1) is 5.92 Å². The van der Waals surface area contributed by atoms with Crippen molar-refractivity contribution >= 4 is 11.6 Å². The van der Waals surface area contributed by atoms with E-state index in [4.69, 9.17) is 22.1 Å². The molecule has 1 aromatic carbocycles. The number of nitrogens with two attached hydrogens (primary N) is 1. The number of methoxy groups -OCH3 is 1. The van der Waals surface area contributed by atoms with Crippen LogP contribution in [0.2, 0.25) is 5.02 Å². The molecule has 1 heterocycles. The Bertz CT molecular complexity index is 433. The predicted molar refractivity (Wildman–Crippen MR) is 88.6 cm³/mol. The Kier molecular flexibility index (Phi) is 6.49. The fraction of sp³-hybridized carbons (Fsp3) is 0.647. The molecule has 1 aromatic rings. The Morgan fingerprint density at radius 2 is 2.00 bits per heavy atom. The Balaban J connectivity index is 2.13. The summed E-state index contributed by atoms with van der Waals surface area (Å²) in [7, 11) is 1.78. The lowest BCUT2D eigenvalue weighted by atomic mass is 9.91. The van der Waals surface area contributed by atoms with Gasteiger partial charge in [0.05, 0.1) is 6.04 Å². The zero-order chi connectivity index (χ0) is 15.2. The highest BCUT2D eigenvalue weighted by atomic mass is 35.5. The Morgan fingerprint density at radius 3 is 2.57 bits per heavy atom. The zero-order valence-corrected chi connectivity index (χ0v) is 13.9. The molecule has 1 saturated heterocycles. The number of hydrogen-bond acceptors (Lipinski definition) is 3.